The molecule has 0 aromatic heterocycles. The lowest BCUT2D eigenvalue weighted by atomic mass is 11.5. The van der Waals surface area contributed by atoms with E-state index in [1.54, 1.807) is 0 Å². The van der Waals surface area contributed by atoms with Gasteiger partial charge in [-0.2, -0.15) is 0 Å². The van der Waals surface area contributed by atoms with Crippen LogP contribution in [0.3, 0.4) is 0 Å². The van der Waals surface area contributed by atoms with Gasteiger partial charge < -0.3 is 4.55 Å². The molecule has 56 valence electrons. The molecule has 0 aliphatic heterocycles. The summed E-state index contributed by atoms with van der Waals surface area (Å²) in [7, 11) is -3.32. The number of hydrogen-bond acceptors (Lipinski definition) is 3. The van der Waals surface area contributed by atoms with Crippen LogP contribution in [0.5, 0.6) is 0 Å². The normalized spacial score (nSPS) is 15.3. The molecule has 1 unspecified atom stereocenters. The minimum Gasteiger partial charge on any atom is -0.305 e. The molecule has 5 nitrogen and oxygen atoms in total. The van der Waals surface area contributed by atoms with E-state index in [-0.39, 0.29) is 0 Å². The van der Waals surface area contributed by atoms with Crippen LogP contribution in [0.4, 0.5) is 0 Å². The van der Waals surface area contributed by atoms with Gasteiger partial charge in [-0.25, -0.2) is 17.3 Å². The smallest absolute Gasteiger partial charge is 0.209 e. The summed E-state index contributed by atoms with van der Waals surface area (Å²) in [6.45, 7) is 0. The first-order valence-electron chi connectivity index (χ1n) is 1.94. The van der Waals surface area contributed by atoms with Crippen LogP contribution in [-0.4, -0.2) is 29.3 Å². The summed E-state index contributed by atoms with van der Waals surface area (Å²) in [6.07, 6.45) is 0.917. The molecule has 0 amide bonds. The highest BCUT2D eigenvalue weighted by Crippen LogP contribution is 1.74. The predicted octanol–water partition coefficient (Wildman–Crippen LogP) is -1.29. The van der Waals surface area contributed by atoms with Gasteiger partial charge in [0.2, 0.25) is 10.0 Å². The first-order valence-corrected chi connectivity index (χ1v) is 5.10. The van der Waals surface area contributed by atoms with Gasteiger partial charge in [0.05, 0.1) is 6.26 Å². The lowest BCUT2D eigenvalue weighted by Crippen LogP contribution is -2.25. The van der Waals surface area contributed by atoms with E-state index in [1.165, 1.54) is 0 Å². The second-order valence-electron chi connectivity index (χ2n) is 1.38. The van der Waals surface area contributed by atoms with Crippen molar-refractivity contribution in [2.24, 2.45) is 0 Å². The molecule has 7 heteroatoms. The molecule has 9 heavy (non-hydrogen) atoms. The Kier molecular flexibility index (Phi) is 3.26. The fourth-order valence-corrected chi connectivity index (χ4v) is 1.42. The lowest BCUT2D eigenvalue weighted by Gasteiger charge is -1.94. The molecule has 0 rings (SSSR count). The number of nitrogens with one attached hydrogen (secondary N) is 1. The predicted molar refractivity (Wildman–Crippen MR) is 33.6 cm³/mol. The average molecular weight is 173 g/mol. The van der Waals surface area contributed by atoms with Crippen LogP contribution in [0.1, 0.15) is 0 Å². The Morgan fingerprint density at radius 1 is 1.67 bits per heavy atom. The highest BCUT2D eigenvalue weighted by atomic mass is 32.2. The first kappa shape index (κ1) is 9.02. The van der Waals surface area contributed by atoms with Crippen LogP contribution in [0.25, 0.3) is 0 Å². The molecule has 1 atom stereocenters. The van der Waals surface area contributed by atoms with Gasteiger partial charge in [0.25, 0.3) is 0 Å². The monoisotopic (exact) mass is 173 g/mol. The van der Waals surface area contributed by atoms with Crippen molar-refractivity contribution in [2.45, 2.75) is 0 Å². The zero-order valence-corrected chi connectivity index (χ0v) is 6.33. The molecule has 0 saturated heterocycles. The third kappa shape index (κ3) is 8.02. The summed E-state index contributed by atoms with van der Waals surface area (Å²) in [5, 5.41) is 0. The fourth-order valence-electron chi connectivity index (χ4n) is 0.157. The standard InChI is InChI=1S/C2H7NO4S2/c1-9(6,7)3-2-8(4)5/h3H,2H2,1H3,(H,4,5). The van der Waals surface area contributed by atoms with Crippen LogP contribution in [-0.2, 0) is 21.1 Å². The third-order valence-corrected chi connectivity index (χ3v) is 1.69. The molecule has 0 aromatic carbocycles. The Balaban J connectivity index is 3.67. The largest absolute Gasteiger partial charge is 0.305 e. The van der Waals surface area contributed by atoms with E-state index in [0.29, 0.717) is 0 Å². The molecular weight excluding hydrogens is 166 g/mol. The molecule has 0 aromatic rings. The molecule has 2 N–H and O–H groups in total. The summed E-state index contributed by atoms with van der Waals surface area (Å²) in [6, 6.07) is 0. The van der Waals surface area contributed by atoms with Gasteiger partial charge in [-0.15, -0.1) is 0 Å². The van der Waals surface area contributed by atoms with Gasteiger partial charge in [-0.05, 0) is 0 Å². The van der Waals surface area contributed by atoms with Crippen molar-refractivity contribution in [3.8, 4) is 0 Å². The summed E-state index contributed by atoms with van der Waals surface area (Å²) in [5.74, 6) is -0.446. The van der Waals surface area contributed by atoms with Gasteiger partial charge in [0.15, 0.2) is 11.1 Å². The fraction of sp³-hybridized carbons (Fsp3) is 1.00. The highest BCUT2D eigenvalue weighted by molar-refractivity contribution is 7.89. The van der Waals surface area contributed by atoms with Crippen LogP contribution in [0.2, 0.25) is 0 Å². The van der Waals surface area contributed by atoms with Crippen molar-refractivity contribution >= 4 is 21.1 Å². The van der Waals surface area contributed by atoms with E-state index in [2.05, 4.69) is 0 Å². The molecule has 0 saturated carbocycles. The van der Waals surface area contributed by atoms with E-state index in [4.69, 9.17) is 4.55 Å². The van der Waals surface area contributed by atoms with Crippen molar-refractivity contribution in [3.63, 3.8) is 0 Å². The molecule has 0 bridgehead atoms. The van der Waals surface area contributed by atoms with Crippen LogP contribution < -0.4 is 4.72 Å². The maximum absolute atomic E-state index is 10.2. The van der Waals surface area contributed by atoms with Gasteiger partial charge in [-0.1, -0.05) is 0 Å². The quantitative estimate of drug-likeness (QED) is 0.520. The minimum atomic E-state index is -3.32. The summed E-state index contributed by atoms with van der Waals surface area (Å²) in [5.41, 5.74) is 0. The van der Waals surface area contributed by atoms with Gasteiger partial charge in [0, 0.05) is 0 Å². The second kappa shape index (κ2) is 3.25. The number of rotatable bonds is 3. The number of hydrogen-bond donors (Lipinski definition) is 2. The molecule has 0 aliphatic rings. The molecule has 0 fully saturated rings. The second-order valence-corrected chi connectivity index (χ2v) is 4.15. The van der Waals surface area contributed by atoms with Gasteiger partial charge in [0.1, 0.15) is 5.88 Å². The zero-order valence-electron chi connectivity index (χ0n) is 4.70. The van der Waals surface area contributed by atoms with Gasteiger partial charge >= 0.3 is 0 Å². The molecular formula is C2H7NO4S2. The van der Waals surface area contributed by atoms with E-state index >= 15 is 0 Å². The van der Waals surface area contributed by atoms with Crippen molar-refractivity contribution in [3.05, 3.63) is 0 Å². The Morgan fingerprint density at radius 3 is 2.22 bits per heavy atom. The Labute approximate surface area is 55.8 Å². The Morgan fingerprint density at radius 2 is 2.11 bits per heavy atom. The molecule has 0 aliphatic carbocycles. The maximum atomic E-state index is 10.2. The average Bonchev–Trinajstić information content (AvgIpc) is 1.59. The first-order chi connectivity index (χ1) is 3.92. The number of sulfonamides is 1. The van der Waals surface area contributed by atoms with E-state index in [1.807, 2.05) is 4.72 Å². The topological polar surface area (TPSA) is 83.5 Å². The summed E-state index contributed by atoms with van der Waals surface area (Å²) < 4.78 is 40.1. The summed E-state index contributed by atoms with van der Waals surface area (Å²) >= 11 is -2.10. The SMILES string of the molecule is CS(=O)(=O)NCS(=O)O. The Hall–Kier alpha value is 0.0200. The van der Waals surface area contributed by atoms with Crippen molar-refractivity contribution in [2.75, 3.05) is 12.1 Å². The third-order valence-electron chi connectivity index (χ3n) is 0.445. The van der Waals surface area contributed by atoms with Crippen molar-refractivity contribution in [1.82, 2.24) is 4.72 Å². The van der Waals surface area contributed by atoms with E-state index in [0.717, 1.165) is 6.26 Å². The maximum Gasteiger partial charge on any atom is 0.209 e. The molecule has 0 radical (unpaired) electrons. The molecule has 0 spiro atoms. The van der Waals surface area contributed by atoms with E-state index < -0.39 is 27.0 Å². The zero-order chi connectivity index (χ0) is 7.49. The van der Waals surface area contributed by atoms with E-state index in [9.17, 15) is 12.6 Å². The molecule has 0 heterocycles. The lowest BCUT2D eigenvalue weighted by molar-refractivity contribution is 0.557. The highest BCUT2D eigenvalue weighted by Gasteiger charge is 2.00. The van der Waals surface area contributed by atoms with Crippen molar-refractivity contribution < 1.29 is 17.2 Å². The van der Waals surface area contributed by atoms with Gasteiger partial charge in [-0.3, -0.25) is 0 Å². The van der Waals surface area contributed by atoms with Crippen LogP contribution in [0, 0.1) is 0 Å². The van der Waals surface area contributed by atoms with Crippen LogP contribution >= 0.6 is 0 Å². The Bertz CT molecular complexity index is 195. The minimum absolute atomic E-state index is 0.446. The van der Waals surface area contributed by atoms with Crippen LogP contribution in [0.15, 0.2) is 0 Å². The summed E-state index contributed by atoms with van der Waals surface area (Å²) in [4.78, 5) is 0. The van der Waals surface area contributed by atoms with Crippen molar-refractivity contribution in [1.29, 1.82) is 0 Å².